The Morgan fingerprint density at radius 2 is 2.22 bits per heavy atom. The SMILES string of the molecule is CCNC(C)c1cccnc1N(C)C(C)CC#N. The minimum atomic E-state index is 0.164. The first kappa shape index (κ1) is 14.5. The van der Waals surface area contributed by atoms with Gasteiger partial charge in [-0.1, -0.05) is 13.0 Å². The quantitative estimate of drug-likeness (QED) is 0.838. The van der Waals surface area contributed by atoms with Gasteiger partial charge in [-0.15, -0.1) is 0 Å². The Morgan fingerprint density at radius 1 is 1.50 bits per heavy atom. The average Bonchev–Trinajstić information content (AvgIpc) is 2.38. The minimum Gasteiger partial charge on any atom is -0.356 e. The molecule has 1 aromatic heterocycles. The molecule has 98 valence electrons. The molecule has 1 N–H and O–H groups in total. The van der Waals surface area contributed by atoms with Crippen LogP contribution in [0.4, 0.5) is 5.82 Å². The van der Waals surface area contributed by atoms with Crippen LogP contribution in [0.1, 0.15) is 38.8 Å². The van der Waals surface area contributed by atoms with Crippen LogP contribution in [0.25, 0.3) is 0 Å². The molecule has 1 rings (SSSR count). The first-order chi connectivity index (χ1) is 8.61. The lowest BCUT2D eigenvalue weighted by Crippen LogP contribution is -2.31. The molecule has 4 heteroatoms. The van der Waals surface area contributed by atoms with Crippen molar-refractivity contribution >= 4 is 5.82 Å². The highest BCUT2D eigenvalue weighted by molar-refractivity contribution is 5.48. The Hall–Kier alpha value is -1.60. The zero-order valence-corrected chi connectivity index (χ0v) is 11.6. The Kier molecular flexibility index (Phi) is 5.60. The van der Waals surface area contributed by atoms with Crippen molar-refractivity contribution in [2.24, 2.45) is 0 Å². The summed E-state index contributed by atoms with van der Waals surface area (Å²) >= 11 is 0. The maximum atomic E-state index is 8.79. The van der Waals surface area contributed by atoms with Crippen molar-refractivity contribution in [3.63, 3.8) is 0 Å². The Balaban J connectivity index is 2.98. The standard InChI is InChI=1S/C14H22N4/c1-5-16-12(3)13-7-6-10-17-14(13)18(4)11(2)8-9-15/h6-7,10-12,16H,5,8H2,1-4H3. The number of pyridine rings is 1. The van der Waals surface area contributed by atoms with Crippen LogP contribution in [0, 0.1) is 11.3 Å². The third-order valence-electron chi connectivity index (χ3n) is 3.18. The molecule has 1 aromatic rings. The van der Waals surface area contributed by atoms with Gasteiger partial charge >= 0.3 is 0 Å². The van der Waals surface area contributed by atoms with E-state index in [0.29, 0.717) is 6.42 Å². The van der Waals surface area contributed by atoms with Gasteiger partial charge in [0, 0.05) is 30.9 Å². The molecule has 0 radical (unpaired) electrons. The summed E-state index contributed by atoms with van der Waals surface area (Å²) in [6.45, 7) is 7.19. The molecule has 18 heavy (non-hydrogen) atoms. The van der Waals surface area contributed by atoms with Gasteiger partial charge in [0.05, 0.1) is 12.5 Å². The van der Waals surface area contributed by atoms with Crippen molar-refractivity contribution in [1.29, 1.82) is 5.26 Å². The van der Waals surface area contributed by atoms with Gasteiger partial charge in [0.15, 0.2) is 0 Å². The lowest BCUT2D eigenvalue weighted by atomic mass is 10.1. The number of hydrogen-bond acceptors (Lipinski definition) is 4. The van der Waals surface area contributed by atoms with Crippen molar-refractivity contribution in [2.75, 3.05) is 18.5 Å². The van der Waals surface area contributed by atoms with Gasteiger partial charge in [-0.25, -0.2) is 4.98 Å². The van der Waals surface area contributed by atoms with Crippen LogP contribution < -0.4 is 10.2 Å². The fourth-order valence-corrected chi connectivity index (χ4v) is 1.94. The van der Waals surface area contributed by atoms with Gasteiger partial charge in [0.2, 0.25) is 0 Å². The summed E-state index contributed by atoms with van der Waals surface area (Å²) in [6.07, 6.45) is 2.30. The number of aromatic nitrogens is 1. The molecular formula is C14H22N4. The second kappa shape index (κ2) is 6.97. The number of nitrogens with one attached hydrogen (secondary N) is 1. The highest BCUT2D eigenvalue weighted by Crippen LogP contribution is 2.24. The molecule has 0 amide bonds. The molecule has 0 bridgehead atoms. The number of anilines is 1. The van der Waals surface area contributed by atoms with E-state index in [1.54, 1.807) is 6.20 Å². The van der Waals surface area contributed by atoms with Crippen LogP contribution in [0.2, 0.25) is 0 Å². The minimum absolute atomic E-state index is 0.164. The molecule has 0 saturated heterocycles. The lowest BCUT2D eigenvalue weighted by Gasteiger charge is -2.28. The number of nitriles is 1. The van der Waals surface area contributed by atoms with Gasteiger partial charge in [-0.05, 0) is 26.5 Å². The van der Waals surface area contributed by atoms with Crippen LogP contribution in [-0.4, -0.2) is 24.6 Å². The van der Waals surface area contributed by atoms with E-state index < -0.39 is 0 Å². The molecule has 0 aliphatic carbocycles. The highest BCUT2D eigenvalue weighted by Gasteiger charge is 2.17. The van der Waals surface area contributed by atoms with Crippen LogP contribution in [-0.2, 0) is 0 Å². The van der Waals surface area contributed by atoms with Gasteiger partial charge < -0.3 is 10.2 Å². The van der Waals surface area contributed by atoms with Crippen molar-refractivity contribution in [1.82, 2.24) is 10.3 Å². The molecule has 0 aliphatic rings. The van der Waals surface area contributed by atoms with Crippen molar-refractivity contribution in [2.45, 2.75) is 39.3 Å². The van der Waals surface area contributed by atoms with Crippen LogP contribution in [0.3, 0.4) is 0 Å². The third kappa shape index (κ3) is 3.44. The maximum absolute atomic E-state index is 8.79. The molecule has 4 nitrogen and oxygen atoms in total. The third-order valence-corrected chi connectivity index (χ3v) is 3.18. The van der Waals surface area contributed by atoms with E-state index in [9.17, 15) is 0 Å². The van der Waals surface area contributed by atoms with E-state index in [1.165, 1.54) is 5.56 Å². The van der Waals surface area contributed by atoms with Gasteiger partial charge in [-0.3, -0.25) is 0 Å². The molecule has 2 atom stereocenters. The van der Waals surface area contributed by atoms with Crippen LogP contribution in [0.15, 0.2) is 18.3 Å². The molecular weight excluding hydrogens is 224 g/mol. The molecule has 1 heterocycles. The monoisotopic (exact) mass is 246 g/mol. The van der Waals surface area contributed by atoms with E-state index >= 15 is 0 Å². The van der Waals surface area contributed by atoms with Crippen LogP contribution >= 0.6 is 0 Å². The first-order valence-electron chi connectivity index (χ1n) is 6.39. The predicted molar refractivity (Wildman–Crippen MR) is 74.4 cm³/mol. The van der Waals surface area contributed by atoms with Gasteiger partial charge in [-0.2, -0.15) is 5.26 Å². The molecule has 0 spiro atoms. The zero-order chi connectivity index (χ0) is 13.5. The van der Waals surface area contributed by atoms with Crippen molar-refractivity contribution in [3.05, 3.63) is 23.9 Å². The number of rotatable bonds is 6. The normalized spacial score (nSPS) is 13.7. The summed E-state index contributed by atoms with van der Waals surface area (Å²) in [5, 5.41) is 12.2. The van der Waals surface area contributed by atoms with E-state index in [-0.39, 0.29) is 12.1 Å². The largest absolute Gasteiger partial charge is 0.356 e. The van der Waals surface area contributed by atoms with Crippen LogP contribution in [0.5, 0.6) is 0 Å². The Morgan fingerprint density at radius 3 is 2.83 bits per heavy atom. The predicted octanol–water partition coefficient (Wildman–Crippen LogP) is 2.49. The molecule has 0 fully saturated rings. The number of nitrogens with zero attached hydrogens (tertiary/aromatic N) is 3. The average molecular weight is 246 g/mol. The summed E-state index contributed by atoms with van der Waals surface area (Å²) < 4.78 is 0. The van der Waals surface area contributed by atoms with E-state index in [2.05, 4.69) is 41.2 Å². The summed E-state index contributed by atoms with van der Waals surface area (Å²) in [4.78, 5) is 6.54. The molecule has 2 unspecified atom stereocenters. The van der Waals surface area contributed by atoms with E-state index in [0.717, 1.165) is 12.4 Å². The van der Waals surface area contributed by atoms with Crippen molar-refractivity contribution < 1.29 is 0 Å². The second-order valence-corrected chi connectivity index (χ2v) is 4.52. The smallest absolute Gasteiger partial charge is 0.133 e. The van der Waals surface area contributed by atoms with E-state index in [4.69, 9.17) is 5.26 Å². The number of hydrogen-bond donors (Lipinski definition) is 1. The lowest BCUT2D eigenvalue weighted by molar-refractivity contribution is 0.589. The second-order valence-electron chi connectivity index (χ2n) is 4.52. The maximum Gasteiger partial charge on any atom is 0.133 e. The Bertz CT molecular complexity index is 411. The molecule has 0 aromatic carbocycles. The summed E-state index contributed by atoms with van der Waals surface area (Å²) in [5.41, 5.74) is 1.17. The van der Waals surface area contributed by atoms with Gasteiger partial charge in [0.1, 0.15) is 5.82 Å². The summed E-state index contributed by atoms with van der Waals surface area (Å²) in [6, 6.07) is 6.67. The first-order valence-corrected chi connectivity index (χ1v) is 6.39. The van der Waals surface area contributed by atoms with Gasteiger partial charge in [0.25, 0.3) is 0 Å². The molecule has 0 aliphatic heterocycles. The van der Waals surface area contributed by atoms with E-state index in [1.807, 2.05) is 20.0 Å². The highest BCUT2D eigenvalue weighted by atomic mass is 15.2. The van der Waals surface area contributed by atoms with Crippen molar-refractivity contribution in [3.8, 4) is 6.07 Å². The fourth-order valence-electron chi connectivity index (χ4n) is 1.94. The molecule has 0 saturated carbocycles. The topological polar surface area (TPSA) is 52.0 Å². The fraction of sp³-hybridized carbons (Fsp3) is 0.571. The zero-order valence-electron chi connectivity index (χ0n) is 11.6. The Labute approximate surface area is 110 Å². The summed E-state index contributed by atoms with van der Waals surface area (Å²) in [7, 11) is 1.99. The summed E-state index contributed by atoms with van der Waals surface area (Å²) in [5.74, 6) is 0.953.